The highest BCUT2D eigenvalue weighted by Crippen LogP contribution is 2.13. The van der Waals surface area contributed by atoms with Crippen molar-refractivity contribution in [2.75, 3.05) is 14.2 Å². The Morgan fingerprint density at radius 2 is 1.62 bits per heavy atom. The van der Waals surface area contributed by atoms with Gasteiger partial charge in [-0.25, -0.2) is 4.98 Å². The van der Waals surface area contributed by atoms with Crippen molar-refractivity contribution in [3.05, 3.63) is 89.6 Å². The van der Waals surface area contributed by atoms with Gasteiger partial charge >= 0.3 is 0 Å². The van der Waals surface area contributed by atoms with E-state index in [2.05, 4.69) is 20.6 Å². The number of guanidine groups is 1. The van der Waals surface area contributed by atoms with Crippen LogP contribution in [-0.4, -0.2) is 25.1 Å². The first-order chi connectivity index (χ1) is 14.3. The van der Waals surface area contributed by atoms with Crippen molar-refractivity contribution in [3.8, 4) is 11.6 Å². The van der Waals surface area contributed by atoms with Crippen LogP contribution in [0, 0.1) is 0 Å². The number of aliphatic imine (C=N–C) groups is 1. The van der Waals surface area contributed by atoms with Gasteiger partial charge in [0.15, 0.2) is 5.96 Å². The van der Waals surface area contributed by atoms with Gasteiger partial charge in [-0.3, -0.25) is 4.99 Å². The number of nitrogens with zero attached hydrogens (tertiary/aromatic N) is 2. The summed E-state index contributed by atoms with van der Waals surface area (Å²) in [5.74, 6) is 2.16. The highest BCUT2D eigenvalue weighted by Gasteiger charge is 2.03. The van der Waals surface area contributed by atoms with Crippen LogP contribution in [0.2, 0.25) is 0 Å². The van der Waals surface area contributed by atoms with E-state index in [-0.39, 0.29) is 0 Å². The number of pyridine rings is 1. The molecule has 0 aliphatic rings. The maximum absolute atomic E-state index is 5.80. The Balaban J connectivity index is 1.50. The minimum Gasteiger partial charge on any atom is -0.497 e. The molecule has 0 fully saturated rings. The average molecular weight is 390 g/mol. The molecule has 0 unspecified atom stereocenters. The molecule has 0 saturated heterocycles. The summed E-state index contributed by atoms with van der Waals surface area (Å²) in [7, 11) is 3.42. The number of benzene rings is 2. The standard InChI is InChI=1S/C23H26N4O2/c1-24-23(26-15-19-9-6-10-21(13-19)28-2)27-16-20-11-12-25-22(14-20)29-17-18-7-4-3-5-8-18/h3-14H,15-17H2,1-2H3,(H2,24,26,27). The number of rotatable bonds is 8. The van der Waals surface area contributed by atoms with Crippen LogP contribution in [0.25, 0.3) is 0 Å². The third-order valence-electron chi connectivity index (χ3n) is 4.31. The Hall–Kier alpha value is -3.54. The van der Waals surface area contributed by atoms with E-state index in [4.69, 9.17) is 9.47 Å². The normalized spacial score (nSPS) is 11.0. The molecule has 0 atom stereocenters. The predicted molar refractivity (Wildman–Crippen MR) is 115 cm³/mol. The summed E-state index contributed by atoms with van der Waals surface area (Å²) in [5.41, 5.74) is 3.29. The smallest absolute Gasteiger partial charge is 0.213 e. The first-order valence-corrected chi connectivity index (χ1v) is 9.46. The molecule has 150 valence electrons. The lowest BCUT2D eigenvalue weighted by Gasteiger charge is -2.13. The van der Waals surface area contributed by atoms with Crippen molar-refractivity contribution in [1.29, 1.82) is 0 Å². The third kappa shape index (κ3) is 6.53. The number of ether oxygens (including phenoxy) is 2. The first kappa shape index (κ1) is 20.2. The molecule has 0 amide bonds. The minimum absolute atomic E-state index is 0.495. The molecule has 0 saturated carbocycles. The Morgan fingerprint density at radius 3 is 2.34 bits per heavy atom. The van der Waals surface area contributed by atoms with Gasteiger partial charge in [-0.2, -0.15) is 0 Å². The number of hydrogen-bond donors (Lipinski definition) is 2. The summed E-state index contributed by atoms with van der Waals surface area (Å²) in [6.45, 7) is 1.76. The van der Waals surface area contributed by atoms with E-state index in [0.29, 0.717) is 25.6 Å². The number of nitrogens with one attached hydrogen (secondary N) is 2. The van der Waals surface area contributed by atoms with Gasteiger partial charge in [0.2, 0.25) is 5.88 Å². The molecule has 0 radical (unpaired) electrons. The molecule has 0 spiro atoms. The van der Waals surface area contributed by atoms with Gasteiger partial charge in [0.05, 0.1) is 7.11 Å². The maximum Gasteiger partial charge on any atom is 0.213 e. The lowest BCUT2D eigenvalue weighted by Crippen LogP contribution is -2.36. The largest absolute Gasteiger partial charge is 0.497 e. The zero-order chi connectivity index (χ0) is 20.3. The van der Waals surface area contributed by atoms with Crippen molar-refractivity contribution in [2.45, 2.75) is 19.7 Å². The molecule has 1 heterocycles. The summed E-state index contributed by atoms with van der Waals surface area (Å²) in [4.78, 5) is 8.56. The molecule has 0 aliphatic heterocycles. The van der Waals surface area contributed by atoms with Gasteiger partial charge in [0, 0.05) is 32.4 Å². The van der Waals surface area contributed by atoms with Crippen LogP contribution in [0.5, 0.6) is 11.6 Å². The van der Waals surface area contributed by atoms with E-state index in [1.807, 2.05) is 66.7 Å². The molecule has 6 heteroatoms. The van der Waals surface area contributed by atoms with Crippen LogP contribution < -0.4 is 20.1 Å². The molecule has 2 aromatic carbocycles. The van der Waals surface area contributed by atoms with E-state index in [1.165, 1.54) is 0 Å². The molecule has 6 nitrogen and oxygen atoms in total. The molecule has 3 aromatic rings. The van der Waals surface area contributed by atoms with Gasteiger partial charge in [-0.1, -0.05) is 42.5 Å². The highest BCUT2D eigenvalue weighted by molar-refractivity contribution is 5.79. The summed E-state index contributed by atoms with van der Waals surface area (Å²) in [6.07, 6.45) is 1.75. The van der Waals surface area contributed by atoms with Crippen LogP contribution in [0.3, 0.4) is 0 Å². The molecule has 3 rings (SSSR count). The third-order valence-corrected chi connectivity index (χ3v) is 4.31. The number of hydrogen-bond acceptors (Lipinski definition) is 4. The van der Waals surface area contributed by atoms with Gasteiger partial charge in [0.25, 0.3) is 0 Å². The fourth-order valence-corrected chi connectivity index (χ4v) is 2.75. The van der Waals surface area contributed by atoms with Crippen LogP contribution in [0.4, 0.5) is 0 Å². The monoisotopic (exact) mass is 390 g/mol. The van der Waals surface area contributed by atoms with Crippen LogP contribution in [-0.2, 0) is 19.7 Å². The first-order valence-electron chi connectivity index (χ1n) is 9.46. The second-order valence-corrected chi connectivity index (χ2v) is 6.41. The minimum atomic E-state index is 0.495. The summed E-state index contributed by atoms with van der Waals surface area (Å²) in [6, 6.07) is 21.9. The van der Waals surface area contributed by atoms with Crippen molar-refractivity contribution < 1.29 is 9.47 Å². The summed E-state index contributed by atoms with van der Waals surface area (Å²) < 4.78 is 11.1. The molecule has 0 bridgehead atoms. The number of methoxy groups -OCH3 is 1. The molecule has 29 heavy (non-hydrogen) atoms. The molecular weight excluding hydrogens is 364 g/mol. The number of aromatic nitrogens is 1. The Morgan fingerprint density at radius 1 is 0.897 bits per heavy atom. The molecule has 2 N–H and O–H groups in total. The molecule has 1 aromatic heterocycles. The second kappa shape index (κ2) is 10.7. The van der Waals surface area contributed by atoms with Gasteiger partial charge in [-0.05, 0) is 34.9 Å². The van der Waals surface area contributed by atoms with E-state index in [0.717, 1.165) is 28.4 Å². The summed E-state index contributed by atoms with van der Waals surface area (Å²) >= 11 is 0. The van der Waals surface area contributed by atoms with Gasteiger partial charge < -0.3 is 20.1 Å². The quantitative estimate of drug-likeness (QED) is 0.455. The van der Waals surface area contributed by atoms with Crippen LogP contribution in [0.15, 0.2) is 77.9 Å². The van der Waals surface area contributed by atoms with Gasteiger partial charge in [0.1, 0.15) is 12.4 Å². The Bertz CT molecular complexity index is 929. The summed E-state index contributed by atoms with van der Waals surface area (Å²) in [5, 5.41) is 6.61. The van der Waals surface area contributed by atoms with Crippen molar-refractivity contribution in [1.82, 2.24) is 15.6 Å². The Labute approximate surface area is 171 Å². The fraction of sp³-hybridized carbons (Fsp3) is 0.217. The van der Waals surface area contributed by atoms with Crippen molar-refractivity contribution in [3.63, 3.8) is 0 Å². The lowest BCUT2D eigenvalue weighted by atomic mass is 10.2. The van der Waals surface area contributed by atoms with E-state index >= 15 is 0 Å². The fourth-order valence-electron chi connectivity index (χ4n) is 2.75. The maximum atomic E-state index is 5.80. The zero-order valence-corrected chi connectivity index (χ0v) is 16.8. The Kier molecular flexibility index (Phi) is 7.46. The second-order valence-electron chi connectivity index (χ2n) is 6.41. The average Bonchev–Trinajstić information content (AvgIpc) is 2.79. The van der Waals surface area contributed by atoms with E-state index in [1.54, 1.807) is 20.4 Å². The molecular formula is C23H26N4O2. The van der Waals surface area contributed by atoms with E-state index < -0.39 is 0 Å². The highest BCUT2D eigenvalue weighted by atomic mass is 16.5. The van der Waals surface area contributed by atoms with Crippen LogP contribution in [0.1, 0.15) is 16.7 Å². The molecule has 0 aliphatic carbocycles. The van der Waals surface area contributed by atoms with Crippen LogP contribution >= 0.6 is 0 Å². The zero-order valence-electron chi connectivity index (χ0n) is 16.8. The topological polar surface area (TPSA) is 67.8 Å². The van der Waals surface area contributed by atoms with Crippen molar-refractivity contribution in [2.24, 2.45) is 4.99 Å². The SMILES string of the molecule is CN=C(NCc1cccc(OC)c1)NCc1ccnc(OCc2ccccc2)c1. The lowest BCUT2D eigenvalue weighted by molar-refractivity contribution is 0.293. The predicted octanol–water partition coefficient (Wildman–Crippen LogP) is 3.53. The van der Waals surface area contributed by atoms with Gasteiger partial charge in [-0.15, -0.1) is 0 Å². The van der Waals surface area contributed by atoms with E-state index in [9.17, 15) is 0 Å². The van der Waals surface area contributed by atoms with Crippen molar-refractivity contribution >= 4 is 5.96 Å².